The van der Waals surface area contributed by atoms with E-state index in [1.54, 1.807) is 0 Å². The van der Waals surface area contributed by atoms with Crippen LogP contribution in [0.3, 0.4) is 0 Å². The summed E-state index contributed by atoms with van der Waals surface area (Å²) in [6, 6.07) is 18.0. The van der Waals surface area contributed by atoms with E-state index in [2.05, 4.69) is 12.1 Å². The van der Waals surface area contributed by atoms with Crippen molar-refractivity contribution in [2.45, 2.75) is 25.7 Å². The second-order valence-corrected chi connectivity index (χ2v) is 4.98. The molecule has 0 bridgehead atoms. The second-order valence-electron chi connectivity index (χ2n) is 4.98. The Labute approximate surface area is 125 Å². The van der Waals surface area contributed by atoms with Crippen molar-refractivity contribution in [1.29, 1.82) is 0 Å². The summed E-state index contributed by atoms with van der Waals surface area (Å²) in [5.74, 6) is 0.0679. The van der Waals surface area contributed by atoms with Crippen LogP contribution in [-0.2, 0) is 17.6 Å². The molecule has 3 heteroatoms. The van der Waals surface area contributed by atoms with Crippen molar-refractivity contribution in [3.63, 3.8) is 0 Å². The van der Waals surface area contributed by atoms with Crippen molar-refractivity contribution in [1.82, 2.24) is 0 Å². The van der Waals surface area contributed by atoms with Crippen molar-refractivity contribution in [3.8, 4) is 5.75 Å². The highest BCUT2D eigenvalue weighted by atomic mass is 16.5. The minimum absolute atomic E-state index is 0.164. The van der Waals surface area contributed by atoms with Crippen molar-refractivity contribution in [3.05, 3.63) is 65.7 Å². The highest BCUT2D eigenvalue weighted by Gasteiger charge is 2.00. The summed E-state index contributed by atoms with van der Waals surface area (Å²) in [6.07, 6.45) is 2.71. The molecule has 0 aliphatic carbocycles. The molecule has 2 aromatic rings. The van der Waals surface area contributed by atoms with Crippen LogP contribution >= 0.6 is 0 Å². The minimum Gasteiger partial charge on any atom is -0.494 e. The number of carboxylic acids is 1. The van der Waals surface area contributed by atoms with Gasteiger partial charge in [0, 0.05) is 6.42 Å². The van der Waals surface area contributed by atoms with Crippen LogP contribution in [0.4, 0.5) is 0 Å². The van der Waals surface area contributed by atoms with E-state index in [9.17, 15) is 4.79 Å². The zero-order chi connectivity index (χ0) is 14.9. The van der Waals surface area contributed by atoms with Gasteiger partial charge in [-0.05, 0) is 42.5 Å². The van der Waals surface area contributed by atoms with Gasteiger partial charge in [0.05, 0.1) is 6.61 Å². The molecule has 110 valence electrons. The summed E-state index contributed by atoms with van der Waals surface area (Å²) in [6.45, 7) is 0.684. The smallest absolute Gasteiger partial charge is 0.303 e. The number of benzene rings is 2. The highest BCUT2D eigenvalue weighted by Crippen LogP contribution is 2.14. The first kappa shape index (κ1) is 15.1. The highest BCUT2D eigenvalue weighted by molar-refractivity contribution is 5.67. The predicted octanol–water partition coefficient (Wildman–Crippen LogP) is 3.72. The zero-order valence-electron chi connectivity index (χ0n) is 12.0. The molecule has 0 unspecified atom stereocenters. The van der Waals surface area contributed by atoms with Gasteiger partial charge >= 0.3 is 5.97 Å². The average molecular weight is 284 g/mol. The first-order valence-corrected chi connectivity index (χ1v) is 7.21. The van der Waals surface area contributed by atoms with E-state index in [4.69, 9.17) is 9.84 Å². The third kappa shape index (κ3) is 5.69. The van der Waals surface area contributed by atoms with Gasteiger partial charge in [0.15, 0.2) is 0 Å². The SMILES string of the molecule is O=C(O)CCc1ccc(OCCCc2ccccc2)cc1. The lowest BCUT2D eigenvalue weighted by molar-refractivity contribution is -0.136. The Bertz CT molecular complexity index is 546. The van der Waals surface area contributed by atoms with E-state index in [0.29, 0.717) is 13.0 Å². The molecule has 0 heterocycles. The Kier molecular flexibility index (Phi) is 5.83. The van der Waals surface area contributed by atoms with Gasteiger partial charge in [0.25, 0.3) is 0 Å². The molecule has 0 saturated carbocycles. The fourth-order valence-corrected chi connectivity index (χ4v) is 2.11. The fourth-order valence-electron chi connectivity index (χ4n) is 2.11. The van der Waals surface area contributed by atoms with Crippen LogP contribution in [0.1, 0.15) is 24.0 Å². The van der Waals surface area contributed by atoms with E-state index in [1.807, 2.05) is 42.5 Å². The van der Waals surface area contributed by atoms with Gasteiger partial charge < -0.3 is 9.84 Å². The van der Waals surface area contributed by atoms with Gasteiger partial charge in [0.1, 0.15) is 5.75 Å². The summed E-state index contributed by atoms with van der Waals surface area (Å²) in [5.41, 5.74) is 2.35. The van der Waals surface area contributed by atoms with E-state index in [1.165, 1.54) is 5.56 Å². The van der Waals surface area contributed by atoms with Gasteiger partial charge in [-0.15, -0.1) is 0 Å². The van der Waals surface area contributed by atoms with Gasteiger partial charge in [-0.25, -0.2) is 0 Å². The fraction of sp³-hybridized carbons (Fsp3) is 0.278. The number of aliphatic carboxylic acids is 1. The van der Waals surface area contributed by atoms with Crippen LogP contribution in [0.25, 0.3) is 0 Å². The molecule has 1 N–H and O–H groups in total. The first-order valence-electron chi connectivity index (χ1n) is 7.21. The van der Waals surface area contributed by atoms with Gasteiger partial charge in [-0.2, -0.15) is 0 Å². The average Bonchev–Trinajstić information content (AvgIpc) is 2.52. The van der Waals surface area contributed by atoms with Crippen LogP contribution in [0, 0.1) is 0 Å². The number of hydrogen-bond acceptors (Lipinski definition) is 2. The largest absolute Gasteiger partial charge is 0.494 e. The normalized spacial score (nSPS) is 10.3. The number of rotatable bonds is 8. The molecule has 0 aromatic heterocycles. The maximum atomic E-state index is 10.5. The third-order valence-electron chi connectivity index (χ3n) is 3.27. The van der Waals surface area contributed by atoms with Crippen LogP contribution < -0.4 is 4.74 Å². The molecule has 0 atom stereocenters. The predicted molar refractivity (Wildman–Crippen MR) is 82.7 cm³/mol. The zero-order valence-corrected chi connectivity index (χ0v) is 12.0. The molecule has 0 fully saturated rings. The lowest BCUT2D eigenvalue weighted by Crippen LogP contribution is -2.00. The van der Waals surface area contributed by atoms with E-state index in [-0.39, 0.29) is 6.42 Å². The maximum Gasteiger partial charge on any atom is 0.303 e. The number of hydrogen-bond donors (Lipinski definition) is 1. The number of ether oxygens (including phenoxy) is 1. The van der Waals surface area contributed by atoms with Crippen molar-refractivity contribution >= 4 is 5.97 Å². The number of aryl methyl sites for hydroxylation is 2. The maximum absolute atomic E-state index is 10.5. The molecule has 0 aliphatic heterocycles. The molecule has 0 aliphatic rings. The summed E-state index contributed by atoms with van der Waals surface area (Å²) in [5, 5.41) is 8.64. The summed E-state index contributed by atoms with van der Waals surface area (Å²) < 4.78 is 5.69. The minimum atomic E-state index is -0.767. The molecule has 3 nitrogen and oxygen atoms in total. The van der Waals surface area contributed by atoms with Gasteiger partial charge in [0.2, 0.25) is 0 Å². The van der Waals surface area contributed by atoms with Crippen molar-refractivity contribution in [2.75, 3.05) is 6.61 Å². The van der Waals surface area contributed by atoms with Crippen LogP contribution in [0.2, 0.25) is 0 Å². The molecule has 0 spiro atoms. The van der Waals surface area contributed by atoms with Gasteiger partial charge in [-0.1, -0.05) is 42.5 Å². The molecule has 0 amide bonds. The molecule has 21 heavy (non-hydrogen) atoms. The quantitative estimate of drug-likeness (QED) is 0.752. The number of carboxylic acid groups (broad SMARTS) is 1. The Morgan fingerprint density at radius 1 is 0.905 bits per heavy atom. The summed E-state index contributed by atoms with van der Waals surface area (Å²) in [4.78, 5) is 10.5. The Balaban J connectivity index is 1.70. The topological polar surface area (TPSA) is 46.5 Å². The molecule has 2 rings (SSSR count). The third-order valence-corrected chi connectivity index (χ3v) is 3.27. The van der Waals surface area contributed by atoms with Gasteiger partial charge in [-0.3, -0.25) is 4.79 Å². The lowest BCUT2D eigenvalue weighted by atomic mass is 10.1. The molecule has 2 aromatic carbocycles. The Morgan fingerprint density at radius 2 is 1.57 bits per heavy atom. The van der Waals surface area contributed by atoms with E-state index < -0.39 is 5.97 Å². The molecular formula is C18H20O3. The summed E-state index contributed by atoms with van der Waals surface area (Å²) in [7, 11) is 0. The summed E-state index contributed by atoms with van der Waals surface area (Å²) >= 11 is 0. The molecule has 0 radical (unpaired) electrons. The first-order chi connectivity index (χ1) is 10.2. The van der Waals surface area contributed by atoms with E-state index >= 15 is 0 Å². The van der Waals surface area contributed by atoms with Crippen LogP contribution in [-0.4, -0.2) is 17.7 Å². The van der Waals surface area contributed by atoms with E-state index in [0.717, 1.165) is 24.2 Å². The Hall–Kier alpha value is -2.29. The standard InChI is InChI=1S/C18H20O3/c19-18(20)13-10-16-8-11-17(12-9-16)21-14-4-7-15-5-2-1-3-6-15/h1-3,5-6,8-9,11-12H,4,7,10,13-14H2,(H,19,20). The van der Waals surface area contributed by atoms with Crippen molar-refractivity contribution in [2.24, 2.45) is 0 Å². The van der Waals surface area contributed by atoms with Crippen LogP contribution in [0.5, 0.6) is 5.75 Å². The second kappa shape index (κ2) is 8.10. The molecule has 0 saturated heterocycles. The van der Waals surface area contributed by atoms with Crippen molar-refractivity contribution < 1.29 is 14.6 Å². The van der Waals surface area contributed by atoms with Crippen LogP contribution in [0.15, 0.2) is 54.6 Å². The number of carbonyl (C=O) groups is 1. The molecular weight excluding hydrogens is 264 g/mol. The Morgan fingerprint density at radius 3 is 2.24 bits per heavy atom. The monoisotopic (exact) mass is 284 g/mol. The lowest BCUT2D eigenvalue weighted by Gasteiger charge is -2.07.